The van der Waals surface area contributed by atoms with Gasteiger partial charge in [0.1, 0.15) is 16.2 Å². The number of hydrogen-bond acceptors (Lipinski definition) is 6. The number of rotatable bonds is 7. The highest BCUT2D eigenvalue weighted by atomic mass is 32.2. The Labute approximate surface area is 102 Å². The van der Waals surface area contributed by atoms with Crippen LogP contribution in [0, 0.1) is 0 Å². The monoisotopic (exact) mass is 258 g/mol. The molecular weight excluding hydrogens is 240 g/mol. The zero-order chi connectivity index (χ0) is 12.7. The highest BCUT2D eigenvalue weighted by Crippen LogP contribution is 2.16. The van der Waals surface area contributed by atoms with Crippen LogP contribution >= 0.6 is 0 Å². The molecule has 0 saturated heterocycles. The number of hydrogen-bond donors (Lipinski definition) is 2. The van der Waals surface area contributed by atoms with Crippen molar-refractivity contribution in [2.24, 2.45) is 5.84 Å². The zero-order valence-electron chi connectivity index (χ0n) is 9.83. The molecule has 96 valence electrons. The number of sulfone groups is 1. The van der Waals surface area contributed by atoms with Crippen LogP contribution in [0.5, 0.6) is 0 Å². The lowest BCUT2D eigenvalue weighted by Gasteiger charge is -2.14. The lowest BCUT2D eigenvalue weighted by Crippen LogP contribution is -2.28. The molecule has 1 atom stereocenters. The molecule has 0 amide bonds. The van der Waals surface area contributed by atoms with Gasteiger partial charge in [0, 0.05) is 29.8 Å². The maximum absolute atomic E-state index is 11.3. The molecule has 0 saturated carbocycles. The molecule has 0 aromatic carbocycles. The highest BCUT2D eigenvalue weighted by molar-refractivity contribution is 7.91. The molecule has 6 nitrogen and oxygen atoms in total. The van der Waals surface area contributed by atoms with Crippen molar-refractivity contribution in [1.82, 2.24) is 15.4 Å². The van der Waals surface area contributed by atoms with E-state index in [9.17, 15) is 8.42 Å². The normalized spacial score (nSPS) is 13.5. The van der Waals surface area contributed by atoms with Crippen LogP contribution in [0.4, 0.5) is 0 Å². The standard InChI is InChI=1S/C10H18N4O2S/c1-2-17(15,16)5-3-4-10(14-11)9-6-12-8-13-7-9/h6-8,10,14H,2-5,11H2,1H3. The maximum Gasteiger partial charge on any atom is 0.150 e. The van der Waals surface area contributed by atoms with E-state index < -0.39 is 9.84 Å². The van der Waals surface area contributed by atoms with E-state index in [1.165, 1.54) is 6.33 Å². The van der Waals surface area contributed by atoms with E-state index in [1.807, 2.05) is 0 Å². The summed E-state index contributed by atoms with van der Waals surface area (Å²) in [5.74, 6) is 5.80. The summed E-state index contributed by atoms with van der Waals surface area (Å²) in [7, 11) is -2.91. The molecule has 0 aliphatic heterocycles. The van der Waals surface area contributed by atoms with Crippen molar-refractivity contribution >= 4 is 9.84 Å². The molecule has 0 aliphatic carbocycles. The largest absolute Gasteiger partial charge is 0.271 e. The summed E-state index contributed by atoms with van der Waals surface area (Å²) in [6.07, 6.45) is 6.00. The topological polar surface area (TPSA) is 98.0 Å². The molecule has 1 aromatic heterocycles. The number of nitrogens with zero attached hydrogens (tertiary/aromatic N) is 2. The van der Waals surface area contributed by atoms with Crippen LogP contribution in [0.3, 0.4) is 0 Å². The summed E-state index contributed by atoms with van der Waals surface area (Å²) in [6, 6.07) is -0.108. The molecule has 1 unspecified atom stereocenters. The lowest BCUT2D eigenvalue weighted by atomic mass is 10.1. The maximum atomic E-state index is 11.3. The smallest absolute Gasteiger partial charge is 0.150 e. The first-order valence-corrected chi connectivity index (χ1v) is 7.32. The van der Waals surface area contributed by atoms with Gasteiger partial charge < -0.3 is 0 Å². The second-order valence-corrected chi connectivity index (χ2v) is 6.24. The Morgan fingerprint density at radius 2 is 2.06 bits per heavy atom. The van der Waals surface area contributed by atoms with E-state index in [0.717, 1.165) is 5.56 Å². The van der Waals surface area contributed by atoms with Gasteiger partial charge in [-0.3, -0.25) is 11.3 Å². The van der Waals surface area contributed by atoms with Gasteiger partial charge in [-0.15, -0.1) is 0 Å². The molecule has 0 radical (unpaired) electrons. The Bertz CT molecular complexity index is 421. The predicted octanol–water partition coefficient (Wildman–Crippen LogP) is 0.196. The van der Waals surface area contributed by atoms with Crippen LogP contribution in [-0.2, 0) is 9.84 Å². The van der Waals surface area contributed by atoms with Gasteiger partial charge in [0.25, 0.3) is 0 Å². The van der Waals surface area contributed by atoms with Crippen molar-refractivity contribution in [3.05, 3.63) is 24.3 Å². The number of aromatic nitrogens is 2. The van der Waals surface area contributed by atoms with Crippen LogP contribution in [-0.4, -0.2) is 29.9 Å². The second kappa shape index (κ2) is 6.63. The van der Waals surface area contributed by atoms with Crippen molar-refractivity contribution in [3.63, 3.8) is 0 Å². The Balaban J connectivity index is 2.50. The fraction of sp³-hybridized carbons (Fsp3) is 0.600. The van der Waals surface area contributed by atoms with Gasteiger partial charge in [-0.05, 0) is 12.8 Å². The number of nitrogens with two attached hydrogens (primary N) is 1. The Morgan fingerprint density at radius 1 is 1.41 bits per heavy atom. The number of nitrogens with one attached hydrogen (secondary N) is 1. The molecule has 0 spiro atoms. The molecular formula is C10H18N4O2S. The summed E-state index contributed by atoms with van der Waals surface area (Å²) in [4.78, 5) is 7.80. The summed E-state index contributed by atoms with van der Waals surface area (Å²) >= 11 is 0. The van der Waals surface area contributed by atoms with Gasteiger partial charge in [-0.25, -0.2) is 18.4 Å². The van der Waals surface area contributed by atoms with E-state index in [4.69, 9.17) is 5.84 Å². The highest BCUT2D eigenvalue weighted by Gasteiger charge is 2.12. The quantitative estimate of drug-likeness (QED) is 0.535. The SMILES string of the molecule is CCS(=O)(=O)CCCC(NN)c1cncnc1. The van der Waals surface area contributed by atoms with Gasteiger partial charge in [0.2, 0.25) is 0 Å². The minimum absolute atomic E-state index is 0.108. The van der Waals surface area contributed by atoms with E-state index in [-0.39, 0.29) is 17.5 Å². The van der Waals surface area contributed by atoms with Crippen molar-refractivity contribution in [3.8, 4) is 0 Å². The van der Waals surface area contributed by atoms with E-state index >= 15 is 0 Å². The van der Waals surface area contributed by atoms with Crippen molar-refractivity contribution in [2.75, 3.05) is 11.5 Å². The van der Waals surface area contributed by atoms with Crippen molar-refractivity contribution in [1.29, 1.82) is 0 Å². The molecule has 0 aliphatic rings. The van der Waals surface area contributed by atoms with Crippen LogP contribution < -0.4 is 11.3 Å². The molecule has 17 heavy (non-hydrogen) atoms. The first kappa shape index (κ1) is 14.0. The fourth-order valence-corrected chi connectivity index (χ4v) is 2.38. The third kappa shape index (κ3) is 4.76. The first-order valence-electron chi connectivity index (χ1n) is 5.50. The van der Waals surface area contributed by atoms with E-state index in [2.05, 4.69) is 15.4 Å². The fourth-order valence-electron chi connectivity index (χ4n) is 1.49. The Morgan fingerprint density at radius 3 is 2.59 bits per heavy atom. The summed E-state index contributed by atoms with van der Waals surface area (Å²) in [5.41, 5.74) is 3.51. The molecule has 1 heterocycles. The van der Waals surface area contributed by atoms with Crippen molar-refractivity contribution < 1.29 is 8.42 Å². The zero-order valence-corrected chi connectivity index (χ0v) is 10.7. The number of hydrazine groups is 1. The minimum Gasteiger partial charge on any atom is -0.271 e. The summed E-state index contributed by atoms with van der Waals surface area (Å²) < 4.78 is 22.7. The van der Waals surface area contributed by atoms with Crippen LogP contribution in [0.15, 0.2) is 18.7 Å². The van der Waals surface area contributed by atoms with Gasteiger partial charge in [-0.1, -0.05) is 6.92 Å². The third-order valence-corrected chi connectivity index (χ3v) is 4.36. The molecule has 1 aromatic rings. The third-order valence-electron chi connectivity index (χ3n) is 2.57. The lowest BCUT2D eigenvalue weighted by molar-refractivity contribution is 0.504. The van der Waals surface area contributed by atoms with Gasteiger partial charge in [0.05, 0.1) is 5.75 Å². The van der Waals surface area contributed by atoms with E-state index in [0.29, 0.717) is 12.8 Å². The average Bonchev–Trinajstić information content (AvgIpc) is 2.36. The van der Waals surface area contributed by atoms with Gasteiger partial charge >= 0.3 is 0 Å². The van der Waals surface area contributed by atoms with Gasteiger partial charge in [-0.2, -0.15) is 0 Å². The van der Waals surface area contributed by atoms with Crippen LogP contribution in [0.2, 0.25) is 0 Å². The van der Waals surface area contributed by atoms with E-state index in [1.54, 1.807) is 19.3 Å². The molecule has 7 heteroatoms. The Kier molecular flexibility index (Phi) is 5.46. The molecule has 3 N–H and O–H groups in total. The van der Waals surface area contributed by atoms with Gasteiger partial charge in [0.15, 0.2) is 0 Å². The Hall–Kier alpha value is -1.05. The minimum atomic E-state index is -2.91. The van der Waals surface area contributed by atoms with Crippen LogP contribution in [0.25, 0.3) is 0 Å². The van der Waals surface area contributed by atoms with Crippen molar-refractivity contribution in [2.45, 2.75) is 25.8 Å². The summed E-state index contributed by atoms with van der Waals surface area (Å²) in [6.45, 7) is 1.65. The summed E-state index contributed by atoms with van der Waals surface area (Å²) in [5, 5.41) is 0. The first-order chi connectivity index (χ1) is 8.09. The second-order valence-electron chi connectivity index (χ2n) is 3.77. The predicted molar refractivity (Wildman–Crippen MR) is 65.7 cm³/mol. The average molecular weight is 258 g/mol. The molecule has 0 fully saturated rings. The molecule has 1 rings (SSSR count). The molecule has 0 bridgehead atoms. The van der Waals surface area contributed by atoms with Crippen LogP contribution in [0.1, 0.15) is 31.4 Å².